The highest BCUT2D eigenvalue weighted by molar-refractivity contribution is 8.21. The van der Waals surface area contributed by atoms with Crippen molar-refractivity contribution < 1.29 is 27.3 Å². The zero-order chi connectivity index (χ0) is 24.9. The van der Waals surface area contributed by atoms with Gasteiger partial charge in [0.2, 0.25) is 0 Å². The maximum absolute atomic E-state index is 12.3. The number of hydrogen-bond donors (Lipinski definition) is 1. The van der Waals surface area contributed by atoms with Crippen LogP contribution in [-0.2, 0) is 32.1 Å². The molecule has 1 N–H and O–H groups in total. The SMILES string of the molecule is CCCCc1ncc(/C=S2\C=CC=C2C(C)C(=O)OS(C)(=O)=O)n1Cc1ccc(C(=O)O)cc1. The number of aromatic nitrogens is 2. The molecule has 0 aliphatic carbocycles. The molecule has 0 bridgehead atoms. The number of unbranched alkanes of at least 4 members (excludes halogenated alkanes) is 1. The minimum atomic E-state index is -3.88. The molecule has 0 radical (unpaired) electrons. The summed E-state index contributed by atoms with van der Waals surface area (Å²) in [6, 6.07) is 6.76. The van der Waals surface area contributed by atoms with Crippen LogP contribution < -0.4 is 0 Å². The number of aryl methyl sites for hydroxylation is 1. The molecule has 2 aromatic rings. The maximum atomic E-state index is 12.3. The predicted octanol–water partition coefficient (Wildman–Crippen LogP) is 3.94. The second-order valence-electron chi connectivity index (χ2n) is 8.01. The van der Waals surface area contributed by atoms with Crippen molar-refractivity contribution in [2.45, 2.75) is 39.7 Å². The van der Waals surface area contributed by atoms with E-state index in [2.05, 4.69) is 20.7 Å². The fraction of sp³-hybridized carbons (Fsp3) is 0.333. The summed E-state index contributed by atoms with van der Waals surface area (Å²) in [5.41, 5.74) is 2.05. The molecule has 0 fully saturated rings. The number of carboxylic acid groups (broad SMARTS) is 1. The Balaban J connectivity index is 1.91. The van der Waals surface area contributed by atoms with Crippen molar-refractivity contribution >= 4 is 37.9 Å². The average Bonchev–Trinajstić information content (AvgIpc) is 3.38. The number of carbonyl (C=O) groups excluding carboxylic acids is 1. The van der Waals surface area contributed by atoms with Gasteiger partial charge in [-0.3, -0.25) is 4.79 Å². The molecule has 3 rings (SSSR count). The molecule has 34 heavy (non-hydrogen) atoms. The van der Waals surface area contributed by atoms with Gasteiger partial charge in [-0.05, 0) is 46.7 Å². The second-order valence-corrected chi connectivity index (χ2v) is 11.3. The standard InChI is InChI=1S/C24H28N2O6S2/c1-4-5-8-22-25-14-20(26(22)15-18-9-11-19(12-10-18)23(27)28)16-33-13-6-7-21(33)17(2)24(29)32-34(3,30)31/h6-7,9-14,16-17H,4-5,8,15H2,1-3H3,(H,27,28). The van der Waals surface area contributed by atoms with Gasteiger partial charge in [0, 0.05) is 13.0 Å². The number of rotatable bonds is 10. The summed E-state index contributed by atoms with van der Waals surface area (Å²) in [5.74, 6) is -1.57. The lowest BCUT2D eigenvalue weighted by Gasteiger charge is -2.15. The zero-order valence-corrected chi connectivity index (χ0v) is 20.9. The van der Waals surface area contributed by atoms with Crippen LogP contribution in [0.2, 0.25) is 0 Å². The van der Waals surface area contributed by atoms with Gasteiger partial charge in [0.1, 0.15) is 5.82 Å². The Hall–Kier alpha value is -2.98. The minimum absolute atomic E-state index is 0.231. The van der Waals surface area contributed by atoms with Crippen LogP contribution in [0, 0.1) is 5.92 Å². The highest BCUT2D eigenvalue weighted by Gasteiger charge is 2.25. The summed E-state index contributed by atoms with van der Waals surface area (Å²) in [4.78, 5) is 28.9. The van der Waals surface area contributed by atoms with Crippen LogP contribution in [0.4, 0.5) is 0 Å². The number of carboxylic acids is 1. The first-order valence-electron chi connectivity index (χ1n) is 10.8. The number of aromatic carboxylic acids is 1. The average molecular weight is 505 g/mol. The number of hydrogen-bond acceptors (Lipinski definition) is 6. The number of imidazole rings is 1. The lowest BCUT2D eigenvalue weighted by Crippen LogP contribution is -2.19. The molecule has 0 saturated carbocycles. The molecular formula is C24H28N2O6S2. The quantitative estimate of drug-likeness (QED) is 0.385. The van der Waals surface area contributed by atoms with Crippen LogP contribution in [0.15, 0.2) is 52.9 Å². The first-order valence-corrected chi connectivity index (χ1v) is 14.0. The van der Waals surface area contributed by atoms with Gasteiger partial charge < -0.3 is 13.9 Å². The van der Waals surface area contributed by atoms with Gasteiger partial charge in [0.05, 0.1) is 29.6 Å². The second kappa shape index (κ2) is 11.0. The third-order valence-electron chi connectivity index (χ3n) is 5.28. The molecule has 1 aromatic heterocycles. The van der Waals surface area contributed by atoms with Crippen molar-refractivity contribution in [3.8, 4) is 0 Å². The Kier molecular flexibility index (Phi) is 8.27. The summed E-state index contributed by atoms with van der Waals surface area (Å²) < 4.78 is 29.4. The van der Waals surface area contributed by atoms with Crippen molar-refractivity contribution in [2.75, 3.05) is 6.26 Å². The molecule has 0 spiro atoms. The van der Waals surface area contributed by atoms with E-state index in [1.54, 1.807) is 37.4 Å². The van der Waals surface area contributed by atoms with E-state index in [0.717, 1.165) is 47.5 Å². The van der Waals surface area contributed by atoms with Crippen LogP contribution in [0.5, 0.6) is 0 Å². The summed E-state index contributed by atoms with van der Waals surface area (Å²) in [5, 5.41) is 13.1. The third-order valence-corrected chi connectivity index (χ3v) is 7.73. The van der Waals surface area contributed by atoms with Crippen LogP contribution >= 0.6 is 10.5 Å². The third kappa shape index (κ3) is 6.54. The van der Waals surface area contributed by atoms with Gasteiger partial charge in [-0.15, -0.1) is 10.5 Å². The van der Waals surface area contributed by atoms with E-state index in [-0.39, 0.29) is 5.56 Å². The molecular weight excluding hydrogens is 476 g/mol. The highest BCUT2D eigenvalue weighted by atomic mass is 32.2. The fourth-order valence-corrected chi connectivity index (χ4v) is 5.73. The Morgan fingerprint density at radius 3 is 2.59 bits per heavy atom. The minimum Gasteiger partial charge on any atom is -0.478 e. The number of carbonyl (C=O) groups is 2. The van der Waals surface area contributed by atoms with E-state index in [1.165, 1.54) is 0 Å². The number of benzene rings is 1. The van der Waals surface area contributed by atoms with Crippen LogP contribution in [0.1, 0.15) is 54.1 Å². The monoisotopic (exact) mass is 504 g/mol. The summed E-state index contributed by atoms with van der Waals surface area (Å²) in [6.07, 6.45) is 9.14. The molecule has 1 aromatic carbocycles. The molecule has 1 aliphatic heterocycles. The Bertz CT molecular complexity index is 1270. The number of nitrogens with zero attached hydrogens (tertiary/aromatic N) is 2. The molecule has 0 saturated heterocycles. The largest absolute Gasteiger partial charge is 0.478 e. The van der Waals surface area contributed by atoms with E-state index in [1.807, 2.05) is 22.9 Å². The van der Waals surface area contributed by atoms with E-state index < -0.39 is 38.5 Å². The van der Waals surface area contributed by atoms with E-state index in [4.69, 9.17) is 5.11 Å². The Labute approximate surface area is 202 Å². The topological polar surface area (TPSA) is 116 Å². The lowest BCUT2D eigenvalue weighted by atomic mass is 10.1. The molecule has 1 aliphatic rings. The van der Waals surface area contributed by atoms with Gasteiger partial charge in [-0.25, -0.2) is 9.78 Å². The summed E-state index contributed by atoms with van der Waals surface area (Å²) in [6.45, 7) is 4.27. The maximum Gasteiger partial charge on any atom is 0.335 e. The van der Waals surface area contributed by atoms with Gasteiger partial charge in [0.15, 0.2) is 0 Å². The van der Waals surface area contributed by atoms with Crippen molar-refractivity contribution in [3.63, 3.8) is 0 Å². The molecule has 8 nitrogen and oxygen atoms in total. The van der Waals surface area contributed by atoms with Gasteiger partial charge >= 0.3 is 22.1 Å². The molecule has 10 heteroatoms. The Morgan fingerprint density at radius 2 is 1.97 bits per heavy atom. The number of allylic oxidation sites excluding steroid dienone is 2. The van der Waals surface area contributed by atoms with E-state index in [9.17, 15) is 18.0 Å². The highest BCUT2D eigenvalue weighted by Crippen LogP contribution is 2.38. The van der Waals surface area contributed by atoms with Crippen LogP contribution in [-0.4, -0.2) is 46.6 Å². The van der Waals surface area contributed by atoms with E-state index >= 15 is 0 Å². The summed E-state index contributed by atoms with van der Waals surface area (Å²) >= 11 is 0. The first-order chi connectivity index (χ1) is 16.1. The van der Waals surface area contributed by atoms with Crippen molar-refractivity contribution in [1.82, 2.24) is 9.55 Å². The summed E-state index contributed by atoms with van der Waals surface area (Å²) in [7, 11) is -4.43. The lowest BCUT2D eigenvalue weighted by molar-refractivity contribution is -0.136. The normalized spacial score (nSPS) is 16.4. The smallest absolute Gasteiger partial charge is 0.335 e. The zero-order valence-electron chi connectivity index (χ0n) is 19.3. The van der Waals surface area contributed by atoms with Crippen LogP contribution in [0.25, 0.3) is 0 Å². The fourth-order valence-electron chi connectivity index (χ4n) is 3.47. The van der Waals surface area contributed by atoms with Crippen LogP contribution in [0.3, 0.4) is 0 Å². The van der Waals surface area contributed by atoms with Gasteiger partial charge in [-0.2, -0.15) is 8.42 Å². The molecule has 2 unspecified atom stereocenters. The molecule has 182 valence electrons. The Morgan fingerprint density at radius 1 is 1.26 bits per heavy atom. The van der Waals surface area contributed by atoms with Gasteiger partial charge in [-0.1, -0.05) is 37.6 Å². The van der Waals surface area contributed by atoms with E-state index in [0.29, 0.717) is 6.54 Å². The molecule has 0 amide bonds. The molecule has 2 heterocycles. The van der Waals surface area contributed by atoms with Crippen molar-refractivity contribution in [3.05, 3.63) is 75.6 Å². The van der Waals surface area contributed by atoms with Crippen molar-refractivity contribution in [2.24, 2.45) is 5.92 Å². The van der Waals surface area contributed by atoms with Crippen molar-refractivity contribution in [1.29, 1.82) is 0 Å². The first kappa shape index (κ1) is 25.6. The molecule has 2 atom stereocenters. The predicted molar refractivity (Wildman–Crippen MR) is 133 cm³/mol. The van der Waals surface area contributed by atoms with Gasteiger partial charge in [0.25, 0.3) is 0 Å².